The molecule has 0 aromatic rings. The van der Waals surface area contributed by atoms with E-state index in [1.54, 1.807) is 6.92 Å². The van der Waals surface area contributed by atoms with Gasteiger partial charge in [-0.1, -0.05) is 5.92 Å². The van der Waals surface area contributed by atoms with E-state index in [1.165, 1.54) is 0 Å². The third-order valence-corrected chi connectivity index (χ3v) is 0.244. The van der Waals surface area contributed by atoms with Gasteiger partial charge < -0.3 is 0 Å². The SMILES string of the molecule is CC#CC[18F]. The van der Waals surface area contributed by atoms with Crippen LogP contribution in [-0.4, -0.2) is 6.67 Å². The van der Waals surface area contributed by atoms with Gasteiger partial charge in [-0.2, -0.15) is 0 Å². The molecular formula is C4H5F. The van der Waals surface area contributed by atoms with Crippen LogP contribution in [0.15, 0.2) is 0 Å². The Morgan fingerprint density at radius 2 is 2.40 bits per heavy atom. The molecule has 0 N–H and O–H groups in total. The maximum atomic E-state index is 10.8. The van der Waals surface area contributed by atoms with Gasteiger partial charge in [-0.15, -0.1) is 5.92 Å². The summed E-state index contributed by atoms with van der Waals surface area (Å²) in [5.41, 5.74) is 0. The molecular weight excluding hydrogens is 66.0 g/mol. The minimum Gasteiger partial charge on any atom is -0.237 e. The zero-order valence-electron chi connectivity index (χ0n) is 3.09. The van der Waals surface area contributed by atoms with Gasteiger partial charge in [-0.05, 0) is 6.92 Å². The second kappa shape index (κ2) is 3.49. The van der Waals surface area contributed by atoms with Crippen LogP contribution in [0.25, 0.3) is 0 Å². The van der Waals surface area contributed by atoms with Crippen LogP contribution in [0.2, 0.25) is 0 Å². The fraction of sp³-hybridized carbons (Fsp3) is 0.500. The maximum absolute atomic E-state index is 10.8. The average molecular weight is 71.1 g/mol. The fourth-order valence-corrected chi connectivity index (χ4v) is 0.0668. The van der Waals surface area contributed by atoms with Crippen LogP contribution in [0.4, 0.5) is 4.39 Å². The van der Waals surface area contributed by atoms with E-state index in [2.05, 4.69) is 11.8 Å². The second-order valence-corrected chi connectivity index (χ2v) is 0.560. The van der Waals surface area contributed by atoms with Crippen LogP contribution in [0, 0.1) is 11.8 Å². The molecule has 0 heterocycles. The van der Waals surface area contributed by atoms with Gasteiger partial charge in [0, 0.05) is 0 Å². The van der Waals surface area contributed by atoms with Gasteiger partial charge in [0.15, 0.2) is 0 Å². The van der Waals surface area contributed by atoms with E-state index in [0.717, 1.165) is 0 Å². The van der Waals surface area contributed by atoms with E-state index < -0.39 is 6.67 Å². The van der Waals surface area contributed by atoms with Gasteiger partial charge >= 0.3 is 0 Å². The molecule has 0 unspecified atom stereocenters. The van der Waals surface area contributed by atoms with Gasteiger partial charge in [0.2, 0.25) is 0 Å². The Morgan fingerprint density at radius 1 is 1.80 bits per heavy atom. The molecule has 28 valence electrons. The molecule has 0 radical (unpaired) electrons. The van der Waals surface area contributed by atoms with Crippen molar-refractivity contribution in [3.05, 3.63) is 0 Å². The molecule has 0 atom stereocenters. The quantitative estimate of drug-likeness (QED) is 0.373. The highest BCUT2D eigenvalue weighted by Gasteiger charge is 1.52. The predicted octanol–water partition coefficient (Wildman–Crippen LogP) is 0.979. The normalized spacial score (nSPS) is 5.20. The second-order valence-electron chi connectivity index (χ2n) is 0.560. The van der Waals surface area contributed by atoms with Crippen molar-refractivity contribution in [1.82, 2.24) is 0 Å². The molecule has 0 aliphatic carbocycles. The molecule has 0 bridgehead atoms. The first kappa shape index (κ1) is 4.49. The van der Waals surface area contributed by atoms with E-state index >= 15 is 0 Å². The fourth-order valence-electron chi connectivity index (χ4n) is 0.0668. The van der Waals surface area contributed by atoms with Crippen molar-refractivity contribution in [3.8, 4) is 11.8 Å². The Bertz CT molecular complexity index is 55.8. The van der Waals surface area contributed by atoms with E-state index in [1.807, 2.05) is 0 Å². The summed E-state index contributed by atoms with van der Waals surface area (Å²) in [5.74, 6) is 4.59. The highest BCUT2D eigenvalue weighted by molar-refractivity contribution is 4.94. The molecule has 0 aliphatic rings. The Labute approximate surface area is 31.0 Å². The van der Waals surface area contributed by atoms with Crippen molar-refractivity contribution in [2.24, 2.45) is 0 Å². The van der Waals surface area contributed by atoms with Gasteiger partial charge in [-0.25, -0.2) is 4.39 Å². The van der Waals surface area contributed by atoms with Gasteiger partial charge in [0.1, 0.15) is 6.67 Å². The highest BCUT2D eigenvalue weighted by Crippen LogP contribution is 1.55. The third-order valence-electron chi connectivity index (χ3n) is 0.244. The Balaban J connectivity index is 2.81. The zero-order chi connectivity index (χ0) is 4.12. The standard InChI is InChI=1S/C4H5F/c1-2-3-4-5/h4H2,1H3/i5-1. The van der Waals surface area contributed by atoms with E-state index in [-0.39, 0.29) is 0 Å². The Morgan fingerprint density at radius 3 is 2.40 bits per heavy atom. The Kier molecular flexibility index (Phi) is 3.13. The molecule has 0 aliphatic heterocycles. The average Bonchev–Trinajstić information content (AvgIpc) is 1.41. The number of rotatable bonds is 0. The van der Waals surface area contributed by atoms with Crippen molar-refractivity contribution in [2.45, 2.75) is 6.92 Å². The van der Waals surface area contributed by atoms with Crippen molar-refractivity contribution < 1.29 is 4.39 Å². The molecule has 0 fully saturated rings. The van der Waals surface area contributed by atoms with Crippen molar-refractivity contribution in [3.63, 3.8) is 0 Å². The van der Waals surface area contributed by atoms with Crippen molar-refractivity contribution in [2.75, 3.05) is 6.67 Å². The lowest BCUT2D eigenvalue weighted by Gasteiger charge is -1.55. The van der Waals surface area contributed by atoms with Crippen LogP contribution >= 0.6 is 0 Å². The molecule has 0 aromatic carbocycles. The summed E-state index contributed by atoms with van der Waals surface area (Å²) in [5, 5.41) is 0. The molecule has 0 saturated heterocycles. The molecule has 0 aromatic heterocycles. The number of alkyl halides is 1. The molecule has 0 nitrogen and oxygen atoms in total. The van der Waals surface area contributed by atoms with E-state index in [9.17, 15) is 4.39 Å². The largest absolute Gasteiger partial charge is 0.237 e. The lowest BCUT2D eigenvalue weighted by Crippen LogP contribution is -1.55. The lowest BCUT2D eigenvalue weighted by molar-refractivity contribution is 0.573. The monoisotopic (exact) mass is 71.0 g/mol. The smallest absolute Gasteiger partial charge is 0.150 e. The molecule has 1 heteroatoms. The van der Waals surface area contributed by atoms with Crippen LogP contribution < -0.4 is 0 Å². The minimum atomic E-state index is -0.517. The molecule has 0 amide bonds. The first-order valence-corrected chi connectivity index (χ1v) is 1.37. The summed E-state index contributed by atoms with van der Waals surface area (Å²) < 4.78 is 10.8. The van der Waals surface area contributed by atoms with E-state index in [4.69, 9.17) is 0 Å². The summed E-state index contributed by atoms with van der Waals surface area (Å²) in [6.45, 7) is 1.09. The van der Waals surface area contributed by atoms with Gasteiger partial charge in [0.05, 0.1) is 0 Å². The summed E-state index contributed by atoms with van der Waals surface area (Å²) in [6, 6.07) is 0. The first-order chi connectivity index (χ1) is 2.41. The number of hydrogen-bond donors (Lipinski definition) is 0. The highest BCUT2D eigenvalue weighted by atomic mass is 18.2. The molecule has 0 spiro atoms. The summed E-state index contributed by atoms with van der Waals surface area (Å²) in [4.78, 5) is 0. The molecule has 0 saturated carbocycles. The van der Waals surface area contributed by atoms with Crippen LogP contribution in [0.3, 0.4) is 0 Å². The lowest BCUT2D eigenvalue weighted by atomic mass is 10.7. The molecule has 0 rings (SSSR count). The third kappa shape index (κ3) is 3.49. The molecule has 5 heavy (non-hydrogen) atoms. The number of halogens is 1. The minimum absolute atomic E-state index is 0.517. The number of hydrogen-bond acceptors (Lipinski definition) is 0. The summed E-state index contributed by atoms with van der Waals surface area (Å²) in [7, 11) is 0. The summed E-state index contributed by atoms with van der Waals surface area (Å²) >= 11 is 0. The van der Waals surface area contributed by atoms with Crippen molar-refractivity contribution in [1.29, 1.82) is 0 Å². The van der Waals surface area contributed by atoms with Crippen LogP contribution in [0.1, 0.15) is 6.92 Å². The first-order valence-electron chi connectivity index (χ1n) is 1.37. The predicted molar refractivity (Wildman–Crippen MR) is 19.4 cm³/mol. The topological polar surface area (TPSA) is 0 Å². The van der Waals surface area contributed by atoms with Gasteiger partial charge in [-0.3, -0.25) is 0 Å². The van der Waals surface area contributed by atoms with E-state index in [0.29, 0.717) is 0 Å². The van der Waals surface area contributed by atoms with Crippen LogP contribution in [-0.2, 0) is 0 Å². The zero-order valence-corrected chi connectivity index (χ0v) is 3.09. The van der Waals surface area contributed by atoms with Crippen molar-refractivity contribution >= 4 is 0 Å². The summed E-state index contributed by atoms with van der Waals surface area (Å²) in [6.07, 6.45) is 0. The Hall–Kier alpha value is -0.510. The maximum Gasteiger partial charge on any atom is 0.150 e. The van der Waals surface area contributed by atoms with Gasteiger partial charge in [0.25, 0.3) is 0 Å². The van der Waals surface area contributed by atoms with Crippen LogP contribution in [0.5, 0.6) is 0 Å².